The first-order valence-corrected chi connectivity index (χ1v) is 7.20. The fourth-order valence-electron chi connectivity index (χ4n) is 2.92. The molecule has 2 fully saturated rings. The highest BCUT2D eigenvalue weighted by Gasteiger charge is 2.37. The molecule has 18 heavy (non-hydrogen) atoms. The molecule has 1 N–H and O–H groups in total. The van der Waals surface area contributed by atoms with Crippen molar-refractivity contribution >= 4 is 0 Å². The number of rotatable bonds is 6. The first-order chi connectivity index (χ1) is 8.61. The molecule has 0 radical (unpaired) electrons. The van der Waals surface area contributed by atoms with Crippen molar-refractivity contribution in [3.05, 3.63) is 0 Å². The van der Waals surface area contributed by atoms with Crippen LogP contribution in [0.1, 0.15) is 26.7 Å². The van der Waals surface area contributed by atoms with E-state index in [1.54, 1.807) is 0 Å². The fourth-order valence-corrected chi connectivity index (χ4v) is 2.92. The number of hydrogen-bond acceptors (Lipinski definition) is 4. The van der Waals surface area contributed by atoms with Gasteiger partial charge in [0.15, 0.2) is 0 Å². The summed E-state index contributed by atoms with van der Waals surface area (Å²) in [7, 11) is 2.23. The summed E-state index contributed by atoms with van der Waals surface area (Å²) in [4.78, 5) is 2.48. The largest absolute Gasteiger partial charge is 0.381 e. The molecule has 4 nitrogen and oxygen atoms in total. The Balaban J connectivity index is 1.88. The van der Waals surface area contributed by atoms with E-state index in [0.29, 0.717) is 17.5 Å². The summed E-state index contributed by atoms with van der Waals surface area (Å²) < 4.78 is 11.1. The van der Waals surface area contributed by atoms with Gasteiger partial charge in [-0.1, -0.05) is 13.8 Å². The third-order valence-electron chi connectivity index (χ3n) is 4.18. The van der Waals surface area contributed by atoms with Crippen LogP contribution in [0, 0.1) is 5.41 Å². The van der Waals surface area contributed by atoms with Crippen molar-refractivity contribution in [3.63, 3.8) is 0 Å². The lowest BCUT2D eigenvalue weighted by molar-refractivity contribution is 0.0913. The first kappa shape index (κ1) is 14.3. The van der Waals surface area contributed by atoms with Gasteiger partial charge in [0.05, 0.1) is 13.2 Å². The molecular weight excluding hydrogens is 228 g/mol. The van der Waals surface area contributed by atoms with Crippen LogP contribution in [-0.4, -0.2) is 63.5 Å². The molecule has 0 aromatic carbocycles. The van der Waals surface area contributed by atoms with Crippen molar-refractivity contribution in [2.24, 2.45) is 5.41 Å². The molecule has 2 saturated heterocycles. The number of ether oxygens (including phenoxy) is 2. The highest BCUT2D eigenvalue weighted by atomic mass is 16.5. The van der Waals surface area contributed by atoms with Crippen molar-refractivity contribution in [1.29, 1.82) is 0 Å². The molecular formula is C14H28N2O2. The average Bonchev–Trinajstić information content (AvgIpc) is 2.98. The Hall–Kier alpha value is -0.160. The van der Waals surface area contributed by atoms with Crippen molar-refractivity contribution in [1.82, 2.24) is 10.2 Å². The molecule has 0 aromatic heterocycles. The van der Waals surface area contributed by atoms with E-state index in [-0.39, 0.29) is 0 Å². The van der Waals surface area contributed by atoms with Gasteiger partial charge in [0.1, 0.15) is 0 Å². The zero-order chi connectivity index (χ0) is 13.0. The van der Waals surface area contributed by atoms with Crippen LogP contribution in [0.4, 0.5) is 0 Å². The van der Waals surface area contributed by atoms with Crippen molar-refractivity contribution in [2.45, 2.75) is 38.8 Å². The quantitative estimate of drug-likeness (QED) is 0.772. The number of likely N-dealkylation sites (N-methyl/N-ethyl adjacent to an activating group) is 1. The van der Waals surface area contributed by atoms with Crippen molar-refractivity contribution < 1.29 is 9.47 Å². The molecule has 0 saturated carbocycles. The highest BCUT2D eigenvalue weighted by molar-refractivity contribution is 4.90. The van der Waals surface area contributed by atoms with E-state index in [1.165, 1.54) is 12.8 Å². The molecule has 2 aliphatic rings. The van der Waals surface area contributed by atoms with Gasteiger partial charge >= 0.3 is 0 Å². The van der Waals surface area contributed by atoms with E-state index in [0.717, 1.165) is 39.5 Å². The first-order valence-electron chi connectivity index (χ1n) is 7.20. The van der Waals surface area contributed by atoms with Crippen molar-refractivity contribution in [2.75, 3.05) is 46.6 Å². The third-order valence-corrected chi connectivity index (χ3v) is 4.18. The minimum Gasteiger partial charge on any atom is -0.381 e. The maximum absolute atomic E-state index is 5.66. The molecule has 106 valence electrons. The molecule has 0 spiro atoms. The summed E-state index contributed by atoms with van der Waals surface area (Å²) in [6.45, 7) is 10.2. The lowest BCUT2D eigenvalue weighted by Crippen LogP contribution is -2.48. The van der Waals surface area contributed by atoms with Crippen LogP contribution in [-0.2, 0) is 9.47 Å². The predicted octanol–water partition coefficient (Wildman–Crippen LogP) is 1.11. The third kappa shape index (κ3) is 3.67. The summed E-state index contributed by atoms with van der Waals surface area (Å²) in [5.41, 5.74) is 0.293. The van der Waals surface area contributed by atoms with Gasteiger partial charge in [-0.15, -0.1) is 0 Å². The van der Waals surface area contributed by atoms with Gasteiger partial charge in [-0.05, 0) is 19.9 Å². The summed E-state index contributed by atoms with van der Waals surface area (Å²) >= 11 is 0. The van der Waals surface area contributed by atoms with Crippen LogP contribution < -0.4 is 5.32 Å². The van der Waals surface area contributed by atoms with Gasteiger partial charge in [0.25, 0.3) is 0 Å². The van der Waals surface area contributed by atoms with E-state index in [1.807, 2.05) is 0 Å². The summed E-state index contributed by atoms with van der Waals surface area (Å²) in [6, 6.07) is 1.14. The van der Waals surface area contributed by atoms with E-state index in [2.05, 4.69) is 31.1 Å². The Kier molecular flexibility index (Phi) is 5.01. The molecule has 0 aromatic rings. The van der Waals surface area contributed by atoms with Gasteiger partial charge in [0.2, 0.25) is 0 Å². The molecule has 2 rings (SSSR count). The number of hydrogen-bond donors (Lipinski definition) is 1. The van der Waals surface area contributed by atoms with Crippen LogP contribution >= 0.6 is 0 Å². The van der Waals surface area contributed by atoms with Crippen LogP contribution in [0.5, 0.6) is 0 Å². The maximum Gasteiger partial charge on any atom is 0.0622 e. The summed E-state index contributed by atoms with van der Waals surface area (Å²) in [6.07, 6.45) is 2.34. The smallest absolute Gasteiger partial charge is 0.0622 e. The maximum atomic E-state index is 5.66. The molecule has 2 atom stereocenters. The summed E-state index contributed by atoms with van der Waals surface area (Å²) in [5, 5.41) is 3.59. The molecule has 0 amide bonds. The Morgan fingerprint density at radius 1 is 1.33 bits per heavy atom. The Morgan fingerprint density at radius 3 is 2.72 bits per heavy atom. The lowest BCUT2D eigenvalue weighted by Gasteiger charge is -2.35. The van der Waals surface area contributed by atoms with Crippen LogP contribution in [0.25, 0.3) is 0 Å². The predicted molar refractivity (Wildman–Crippen MR) is 72.9 cm³/mol. The average molecular weight is 256 g/mol. The van der Waals surface area contributed by atoms with E-state index in [9.17, 15) is 0 Å². The van der Waals surface area contributed by atoms with Crippen LogP contribution in [0.15, 0.2) is 0 Å². The normalized spacial score (nSPS) is 32.8. The van der Waals surface area contributed by atoms with Gasteiger partial charge in [-0.3, -0.25) is 0 Å². The van der Waals surface area contributed by atoms with Gasteiger partial charge in [-0.25, -0.2) is 0 Å². The Bertz CT molecular complexity index is 246. The molecule has 2 heterocycles. The Morgan fingerprint density at radius 2 is 2.17 bits per heavy atom. The van der Waals surface area contributed by atoms with E-state index < -0.39 is 0 Å². The zero-order valence-corrected chi connectivity index (χ0v) is 12.1. The van der Waals surface area contributed by atoms with Crippen molar-refractivity contribution in [3.8, 4) is 0 Å². The van der Waals surface area contributed by atoms with Gasteiger partial charge in [0, 0.05) is 43.8 Å². The van der Waals surface area contributed by atoms with Gasteiger partial charge in [-0.2, -0.15) is 0 Å². The van der Waals surface area contributed by atoms with Crippen LogP contribution in [0.3, 0.4) is 0 Å². The minimum atomic E-state index is 0.293. The molecule has 2 unspecified atom stereocenters. The standard InChI is InChI=1S/C14H28N2O2/c1-12(2)15-9-14(5-7-18-11-14)10-16(3)13-4-6-17-8-13/h12-13,15H,4-11H2,1-3H3. The minimum absolute atomic E-state index is 0.293. The SMILES string of the molecule is CC(C)NCC1(CN(C)C2CCOC2)CCOC1. The fraction of sp³-hybridized carbons (Fsp3) is 1.00. The second kappa shape index (κ2) is 6.33. The molecule has 0 aliphatic carbocycles. The van der Waals surface area contributed by atoms with Gasteiger partial charge < -0.3 is 19.7 Å². The second-order valence-electron chi connectivity index (χ2n) is 6.27. The Labute approximate surface area is 111 Å². The highest BCUT2D eigenvalue weighted by Crippen LogP contribution is 2.30. The monoisotopic (exact) mass is 256 g/mol. The molecule has 4 heteroatoms. The summed E-state index contributed by atoms with van der Waals surface area (Å²) in [5.74, 6) is 0. The molecule has 2 aliphatic heterocycles. The number of nitrogens with zero attached hydrogens (tertiary/aromatic N) is 1. The topological polar surface area (TPSA) is 33.7 Å². The lowest BCUT2D eigenvalue weighted by atomic mass is 9.86. The zero-order valence-electron chi connectivity index (χ0n) is 12.1. The van der Waals surface area contributed by atoms with E-state index >= 15 is 0 Å². The number of nitrogens with one attached hydrogen (secondary N) is 1. The van der Waals surface area contributed by atoms with Crippen LogP contribution in [0.2, 0.25) is 0 Å². The second-order valence-corrected chi connectivity index (χ2v) is 6.27. The molecule has 0 bridgehead atoms. The van der Waals surface area contributed by atoms with E-state index in [4.69, 9.17) is 9.47 Å².